The number of aromatic nitrogens is 2. The third-order valence-corrected chi connectivity index (χ3v) is 9.85. The topological polar surface area (TPSA) is 69.6 Å². The lowest BCUT2D eigenvalue weighted by Gasteiger charge is -2.36. The van der Waals surface area contributed by atoms with Crippen molar-refractivity contribution in [2.45, 2.75) is 50.8 Å². The van der Waals surface area contributed by atoms with Crippen molar-refractivity contribution >= 4 is 52.6 Å². The van der Waals surface area contributed by atoms with Gasteiger partial charge in [-0.2, -0.15) is 0 Å². The van der Waals surface area contributed by atoms with Gasteiger partial charge < -0.3 is 4.90 Å². The Balaban J connectivity index is 1.28. The van der Waals surface area contributed by atoms with E-state index in [9.17, 15) is 9.59 Å². The molecule has 1 atom stereocenters. The number of hydrogen-bond acceptors (Lipinski definition) is 6. The summed E-state index contributed by atoms with van der Waals surface area (Å²) in [5.74, 6) is 2.56. The first-order valence-corrected chi connectivity index (χ1v) is 16.1. The second kappa shape index (κ2) is 13.3. The molecule has 1 saturated heterocycles. The molecule has 7 nitrogen and oxygen atoms in total. The molecule has 10 heteroatoms. The van der Waals surface area contributed by atoms with E-state index in [2.05, 4.69) is 16.0 Å². The first-order valence-electron chi connectivity index (χ1n) is 14.4. The molecule has 3 heterocycles. The predicted molar refractivity (Wildman–Crippen MR) is 171 cm³/mol. The molecular weight excluding hydrogens is 589 g/mol. The van der Waals surface area contributed by atoms with Crippen LogP contribution in [-0.4, -0.2) is 77.1 Å². The SMILES string of the molecule is Cc1cc(C)cc(C(=O)N(C)C[C@@H](CCN2CCN(c3nc(C)nc4c3SCCC4)C(=O)C2)c2ccc(Cl)c(Cl)c2)c1. The summed E-state index contributed by atoms with van der Waals surface area (Å²) in [5.41, 5.74) is 4.90. The first kappa shape index (κ1) is 30.8. The minimum Gasteiger partial charge on any atom is -0.341 e. The molecule has 0 N–H and O–H groups in total. The Bertz CT molecular complexity index is 1480. The van der Waals surface area contributed by atoms with Gasteiger partial charge in [0.2, 0.25) is 5.91 Å². The summed E-state index contributed by atoms with van der Waals surface area (Å²) in [6.07, 6.45) is 2.79. The number of halogens is 2. The number of likely N-dealkylation sites (N-methyl/N-ethyl adjacent to an activating group) is 1. The molecule has 0 saturated carbocycles. The van der Waals surface area contributed by atoms with Crippen LogP contribution in [0.15, 0.2) is 41.3 Å². The lowest BCUT2D eigenvalue weighted by Crippen LogP contribution is -2.51. The zero-order chi connectivity index (χ0) is 30.0. The van der Waals surface area contributed by atoms with Crippen molar-refractivity contribution in [2.75, 3.05) is 50.4 Å². The highest BCUT2D eigenvalue weighted by Gasteiger charge is 2.31. The fourth-order valence-electron chi connectivity index (χ4n) is 5.86. The van der Waals surface area contributed by atoms with Gasteiger partial charge in [0.25, 0.3) is 5.91 Å². The monoisotopic (exact) mass is 625 g/mol. The number of carbonyl (C=O) groups is 2. The van der Waals surface area contributed by atoms with Crippen LogP contribution in [0.2, 0.25) is 10.0 Å². The van der Waals surface area contributed by atoms with E-state index in [-0.39, 0.29) is 17.7 Å². The summed E-state index contributed by atoms with van der Waals surface area (Å²) < 4.78 is 0. The molecule has 0 spiro atoms. The van der Waals surface area contributed by atoms with E-state index in [0.717, 1.165) is 64.7 Å². The highest BCUT2D eigenvalue weighted by molar-refractivity contribution is 7.99. The molecule has 2 aliphatic heterocycles. The average molecular weight is 627 g/mol. The number of piperazine rings is 1. The van der Waals surface area contributed by atoms with Crippen LogP contribution in [0.3, 0.4) is 0 Å². The molecule has 0 unspecified atom stereocenters. The van der Waals surface area contributed by atoms with Crippen LogP contribution in [0.1, 0.15) is 57.3 Å². The second-order valence-electron chi connectivity index (χ2n) is 11.4. The van der Waals surface area contributed by atoms with Gasteiger partial charge in [0, 0.05) is 38.2 Å². The Kier molecular flexibility index (Phi) is 9.77. The van der Waals surface area contributed by atoms with Crippen molar-refractivity contribution < 1.29 is 9.59 Å². The van der Waals surface area contributed by atoms with Gasteiger partial charge in [0.1, 0.15) is 5.82 Å². The van der Waals surface area contributed by atoms with E-state index >= 15 is 0 Å². The number of fused-ring (bicyclic) bond motifs is 1. The van der Waals surface area contributed by atoms with Crippen LogP contribution in [0, 0.1) is 20.8 Å². The van der Waals surface area contributed by atoms with Crippen LogP contribution in [-0.2, 0) is 11.2 Å². The Morgan fingerprint density at radius 2 is 1.81 bits per heavy atom. The molecule has 2 aromatic carbocycles. The Morgan fingerprint density at radius 3 is 2.52 bits per heavy atom. The van der Waals surface area contributed by atoms with Crippen LogP contribution in [0.4, 0.5) is 5.82 Å². The number of nitrogens with zero attached hydrogens (tertiary/aromatic N) is 5. The minimum absolute atomic E-state index is 0.0145. The molecule has 222 valence electrons. The predicted octanol–water partition coefficient (Wildman–Crippen LogP) is 6.34. The largest absolute Gasteiger partial charge is 0.341 e. The van der Waals surface area contributed by atoms with Gasteiger partial charge in [0.15, 0.2) is 5.82 Å². The van der Waals surface area contributed by atoms with Crippen molar-refractivity contribution in [1.82, 2.24) is 19.8 Å². The quantitative estimate of drug-likeness (QED) is 0.291. The molecule has 1 aromatic heterocycles. The van der Waals surface area contributed by atoms with E-state index in [1.54, 1.807) is 16.7 Å². The van der Waals surface area contributed by atoms with Crippen LogP contribution in [0.5, 0.6) is 0 Å². The van der Waals surface area contributed by atoms with Crippen molar-refractivity contribution in [2.24, 2.45) is 0 Å². The van der Waals surface area contributed by atoms with Crippen molar-refractivity contribution in [3.63, 3.8) is 0 Å². The van der Waals surface area contributed by atoms with Crippen molar-refractivity contribution in [3.8, 4) is 0 Å². The van der Waals surface area contributed by atoms with Gasteiger partial charge in [-0.05, 0) is 82.2 Å². The number of carbonyl (C=O) groups excluding carboxylic acids is 2. The number of aryl methyl sites for hydroxylation is 4. The zero-order valence-electron chi connectivity index (χ0n) is 24.6. The van der Waals surface area contributed by atoms with Gasteiger partial charge in [-0.3, -0.25) is 19.4 Å². The Hall–Kier alpha value is -2.65. The normalized spacial score (nSPS) is 16.3. The van der Waals surface area contributed by atoms with Gasteiger partial charge in [-0.25, -0.2) is 9.97 Å². The molecule has 0 radical (unpaired) electrons. The molecule has 42 heavy (non-hydrogen) atoms. The van der Waals surface area contributed by atoms with Crippen molar-refractivity contribution in [3.05, 3.63) is 80.2 Å². The average Bonchev–Trinajstić information content (AvgIpc) is 2.95. The van der Waals surface area contributed by atoms with Crippen molar-refractivity contribution in [1.29, 1.82) is 0 Å². The van der Waals surface area contributed by atoms with E-state index in [1.807, 2.05) is 63.1 Å². The lowest BCUT2D eigenvalue weighted by atomic mass is 9.94. The summed E-state index contributed by atoms with van der Waals surface area (Å²) in [4.78, 5) is 43.0. The summed E-state index contributed by atoms with van der Waals surface area (Å²) in [7, 11) is 1.84. The van der Waals surface area contributed by atoms with Gasteiger partial charge >= 0.3 is 0 Å². The molecule has 2 aliphatic rings. The molecular formula is C32H37Cl2N5O2S. The fourth-order valence-corrected chi connectivity index (χ4v) is 7.25. The molecule has 5 rings (SSSR count). The summed E-state index contributed by atoms with van der Waals surface area (Å²) in [5, 5.41) is 0.994. The van der Waals surface area contributed by atoms with Crippen LogP contribution >= 0.6 is 35.0 Å². The minimum atomic E-state index is -0.0167. The molecule has 1 fully saturated rings. The molecule has 0 bridgehead atoms. The third kappa shape index (κ3) is 7.10. The summed E-state index contributed by atoms with van der Waals surface area (Å²) >= 11 is 14.4. The number of amides is 2. The summed E-state index contributed by atoms with van der Waals surface area (Å²) in [6.45, 7) is 8.80. The van der Waals surface area contributed by atoms with Gasteiger partial charge in [-0.15, -0.1) is 11.8 Å². The zero-order valence-corrected chi connectivity index (χ0v) is 27.0. The highest BCUT2D eigenvalue weighted by Crippen LogP contribution is 2.37. The van der Waals surface area contributed by atoms with E-state index in [0.29, 0.717) is 47.6 Å². The second-order valence-corrected chi connectivity index (χ2v) is 13.3. The van der Waals surface area contributed by atoms with Gasteiger partial charge in [0.05, 0.1) is 27.2 Å². The molecule has 3 aromatic rings. The summed E-state index contributed by atoms with van der Waals surface area (Å²) in [6, 6.07) is 11.6. The Labute approximate surface area is 262 Å². The smallest absolute Gasteiger partial charge is 0.253 e. The lowest BCUT2D eigenvalue weighted by molar-refractivity contribution is -0.121. The number of hydrogen-bond donors (Lipinski definition) is 0. The van der Waals surface area contributed by atoms with Crippen LogP contribution in [0.25, 0.3) is 0 Å². The fraction of sp³-hybridized carbons (Fsp3) is 0.438. The highest BCUT2D eigenvalue weighted by atomic mass is 35.5. The molecule has 0 aliphatic carbocycles. The maximum atomic E-state index is 13.4. The number of thioether (sulfide) groups is 1. The number of anilines is 1. The number of rotatable bonds is 8. The maximum absolute atomic E-state index is 13.4. The van der Waals surface area contributed by atoms with E-state index < -0.39 is 0 Å². The van der Waals surface area contributed by atoms with Gasteiger partial charge in [-0.1, -0.05) is 46.5 Å². The maximum Gasteiger partial charge on any atom is 0.253 e. The number of benzene rings is 2. The first-order chi connectivity index (χ1) is 20.1. The van der Waals surface area contributed by atoms with E-state index in [1.165, 1.54) is 0 Å². The Morgan fingerprint density at radius 1 is 1.05 bits per heavy atom. The van der Waals surface area contributed by atoms with Crippen LogP contribution < -0.4 is 4.90 Å². The third-order valence-electron chi connectivity index (χ3n) is 7.91. The molecule has 2 amide bonds. The van der Waals surface area contributed by atoms with E-state index in [4.69, 9.17) is 28.2 Å². The standard InChI is InChI=1S/C32H37Cl2N5O2S/c1-20-14-21(2)16-25(15-20)32(41)37(4)18-24(23-7-8-26(33)27(34)17-23)9-10-38-11-12-39(29(40)19-38)31-30-28(6-5-13-42-30)35-22(3)36-31/h7-8,14-17,24H,5-6,9-13,18-19H2,1-4H3/t24-/m1/s1.